The number of methoxy groups -OCH3 is 1. The van der Waals surface area contributed by atoms with Gasteiger partial charge in [0.05, 0.1) is 7.11 Å². The zero-order valence-corrected chi connectivity index (χ0v) is 15.5. The van der Waals surface area contributed by atoms with Crippen LogP contribution in [0.25, 0.3) is 10.6 Å². The summed E-state index contributed by atoms with van der Waals surface area (Å²) in [6.07, 6.45) is 0.787. The number of nitrogens with two attached hydrogens (primary N) is 1. The minimum absolute atomic E-state index is 0.0676. The molecule has 5 nitrogen and oxygen atoms in total. The molecule has 0 saturated carbocycles. The first-order chi connectivity index (χ1) is 11.4. The lowest BCUT2D eigenvalue weighted by Gasteiger charge is -2.20. The molecule has 0 radical (unpaired) electrons. The molecule has 0 aliphatic heterocycles. The van der Waals surface area contributed by atoms with Crippen LogP contribution in [0, 0.1) is 5.92 Å². The summed E-state index contributed by atoms with van der Waals surface area (Å²) in [5, 5.41) is 2.63. The van der Waals surface area contributed by atoms with Crippen molar-refractivity contribution in [2.24, 2.45) is 11.7 Å². The van der Waals surface area contributed by atoms with Crippen molar-refractivity contribution in [1.29, 1.82) is 0 Å². The Hall–Kier alpha value is -1.92. The van der Waals surface area contributed by atoms with Gasteiger partial charge in [-0.25, -0.2) is 4.98 Å². The summed E-state index contributed by atoms with van der Waals surface area (Å²) in [5.74, 6) is 1.14. The molecule has 6 heteroatoms. The SMILES string of the molecule is COc1ccc(-c2nc(C(=O)N(C)CCC(N)C(C)C)cs2)cc1. The molecule has 1 heterocycles. The molecular weight excluding hydrogens is 322 g/mol. The molecule has 0 saturated heterocycles. The molecule has 1 atom stereocenters. The predicted molar refractivity (Wildman–Crippen MR) is 98.5 cm³/mol. The number of carbonyl (C=O) groups is 1. The first-order valence-corrected chi connectivity index (χ1v) is 8.91. The van der Waals surface area contributed by atoms with Crippen LogP contribution in [0.3, 0.4) is 0 Å². The van der Waals surface area contributed by atoms with Crippen LogP contribution in [-0.4, -0.2) is 42.5 Å². The number of ether oxygens (including phenoxy) is 1. The van der Waals surface area contributed by atoms with Crippen molar-refractivity contribution in [2.45, 2.75) is 26.3 Å². The monoisotopic (exact) mass is 347 g/mol. The van der Waals surface area contributed by atoms with E-state index in [1.165, 1.54) is 11.3 Å². The smallest absolute Gasteiger partial charge is 0.273 e. The highest BCUT2D eigenvalue weighted by Crippen LogP contribution is 2.26. The standard InChI is InChI=1S/C18H25N3O2S/c1-12(2)15(19)9-10-21(3)18(22)16-11-24-17(20-16)13-5-7-14(23-4)8-6-13/h5-8,11-12,15H,9-10,19H2,1-4H3. The average molecular weight is 347 g/mol. The Bertz CT molecular complexity index is 667. The summed E-state index contributed by atoms with van der Waals surface area (Å²) in [6.45, 7) is 4.82. The zero-order valence-electron chi connectivity index (χ0n) is 14.7. The molecule has 2 rings (SSSR count). The Kier molecular flexibility index (Phi) is 6.34. The molecule has 130 valence electrons. The van der Waals surface area contributed by atoms with Crippen molar-refractivity contribution in [3.8, 4) is 16.3 Å². The Morgan fingerprint density at radius 2 is 2.00 bits per heavy atom. The normalized spacial score (nSPS) is 12.2. The number of amides is 1. The largest absolute Gasteiger partial charge is 0.497 e. The molecule has 0 aliphatic rings. The van der Waals surface area contributed by atoms with Crippen LogP contribution in [0.15, 0.2) is 29.6 Å². The maximum atomic E-state index is 12.5. The molecule has 1 unspecified atom stereocenters. The van der Waals surface area contributed by atoms with Gasteiger partial charge in [-0.05, 0) is 36.6 Å². The van der Waals surface area contributed by atoms with Crippen LogP contribution in [-0.2, 0) is 0 Å². The second-order valence-corrected chi connectivity index (χ2v) is 7.05. The summed E-state index contributed by atoms with van der Waals surface area (Å²) < 4.78 is 5.15. The van der Waals surface area contributed by atoms with Gasteiger partial charge in [-0.15, -0.1) is 11.3 Å². The number of hydrogen-bond acceptors (Lipinski definition) is 5. The highest BCUT2D eigenvalue weighted by Gasteiger charge is 2.17. The highest BCUT2D eigenvalue weighted by atomic mass is 32.1. The fraction of sp³-hybridized carbons (Fsp3) is 0.444. The van der Waals surface area contributed by atoms with Crippen LogP contribution in [0.1, 0.15) is 30.8 Å². The fourth-order valence-corrected chi connectivity index (χ4v) is 3.01. The van der Waals surface area contributed by atoms with Crippen LogP contribution in [0.2, 0.25) is 0 Å². The van der Waals surface area contributed by atoms with Gasteiger partial charge in [-0.3, -0.25) is 4.79 Å². The fourth-order valence-electron chi connectivity index (χ4n) is 2.21. The number of nitrogens with zero attached hydrogens (tertiary/aromatic N) is 2. The van der Waals surface area contributed by atoms with Crippen LogP contribution < -0.4 is 10.5 Å². The number of hydrogen-bond donors (Lipinski definition) is 1. The lowest BCUT2D eigenvalue weighted by atomic mass is 10.0. The highest BCUT2D eigenvalue weighted by molar-refractivity contribution is 7.13. The first-order valence-electron chi connectivity index (χ1n) is 8.03. The van der Waals surface area contributed by atoms with Crippen LogP contribution in [0.5, 0.6) is 5.75 Å². The predicted octanol–water partition coefficient (Wildman–Crippen LogP) is 3.26. The quantitative estimate of drug-likeness (QED) is 0.835. The molecule has 0 fully saturated rings. The van der Waals surface area contributed by atoms with Crippen molar-refractivity contribution in [1.82, 2.24) is 9.88 Å². The average Bonchev–Trinajstić information content (AvgIpc) is 3.08. The Labute approximate surface area is 147 Å². The van der Waals surface area contributed by atoms with Crippen LogP contribution in [0.4, 0.5) is 0 Å². The third kappa shape index (κ3) is 4.55. The Balaban J connectivity index is 2.02. The van der Waals surface area contributed by atoms with Gasteiger partial charge in [0.2, 0.25) is 0 Å². The van der Waals surface area contributed by atoms with E-state index in [1.807, 2.05) is 24.3 Å². The number of thiazole rings is 1. The van der Waals surface area contributed by atoms with Gasteiger partial charge in [0, 0.05) is 30.6 Å². The minimum atomic E-state index is -0.0676. The summed E-state index contributed by atoms with van der Waals surface area (Å²) in [4.78, 5) is 18.6. The lowest BCUT2D eigenvalue weighted by molar-refractivity contribution is 0.0784. The molecule has 24 heavy (non-hydrogen) atoms. The van der Waals surface area contributed by atoms with Gasteiger partial charge in [-0.1, -0.05) is 13.8 Å². The Morgan fingerprint density at radius 3 is 2.58 bits per heavy atom. The van der Waals surface area contributed by atoms with E-state index < -0.39 is 0 Å². The minimum Gasteiger partial charge on any atom is -0.497 e. The lowest BCUT2D eigenvalue weighted by Crippen LogP contribution is -2.34. The maximum Gasteiger partial charge on any atom is 0.273 e. The molecule has 1 aromatic carbocycles. The van der Waals surface area contributed by atoms with Crippen LogP contribution >= 0.6 is 11.3 Å². The first kappa shape index (κ1) is 18.4. The Morgan fingerprint density at radius 1 is 1.33 bits per heavy atom. The molecular formula is C18H25N3O2S. The van der Waals surface area contributed by atoms with Crippen molar-refractivity contribution in [3.05, 3.63) is 35.3 Å². The third-order valence-electron chi connectivity index (χ3n) is 4.06. The van der Waals surface area contributed by atoms with E-state index in [4.69, 9.17) is 10.5 Å². The second-order valence-electron chi connectivity index (χ2n) is 6.19. The van der Waals surface area contributed by atoms with E-state index >= 15 is 0 Å². The molecule has 1 aromatic heterocycles. The summed E-state index contributed by atoms with van der Waals surface area (Å²) in [5.41, 5.74) is 7.50. The number of benzene rings is 1. The van der Waals surface area contributed by atoms with Gasteiger partial charge in [0.1, 0.15) is 16.5 Å². The topological polar surface area (TPSA) is 68.5 Å². The van der Waals surface area contributed by atoms with Crippen molar-refractivity contribution >= 4 is 17.2 Å². The van der Waals surface area contributed by atoms with Gasteiger partial charge >= 0.3 is 0 Å². The van der Waals surface area contributed by atoms with E-state index in [-0.39, 0.29) is 11.9 Å². The summed E-state index contributed by atoms with van der Waals surface area (Å²) >= 11 is 1.47. The number of aromatic nitrogens is 1. The molecule has 1 amide bonds. The summed E-state index contributed by atoms with van der Waals surface area (Å²) in [7, 11) is 3.43. The van der Waals surface area contributed by atoms with E-state index in [1.54, 1.807) is 24.4 Å². The molecule has 2 N–H and O–H groups in total. The molecule has 0 bridgehead atoms. The van der Waals surface area contributed by atoms with Gasteiger partial charge in [-0.2, -0.15) is 0 Å². The zero-order chi connectivity index (χ0) is 17.7. The second kappa shape index (κ2) is 8.26. The van der Waals surface area contributed by atoms with E-state index in [9.17, 15) is 4.79 Å². The number of carbonyl (C=O) groups excluding carboxylic acids is 1. The van der Waals surface area contributed by atoms with E-state index in [0.717, 1.165) is 22.7 Å². The molecule has 2 aromatic rings. The maximum absolute atomic E-state index is 12.5. The molecule has 0 spiro atoms. The van der Waals surface area contributed by atoms with Gasteiger partial charge < -0.3 is 15.4 Å². The summed E-state index contributed by atoms with van der Waals surface area (Å²) in [6, 6.07) is 7.76. The molecule has 0 aliphatic carbocycles. The van der Waals surface area contributed by atoms with Gasteiger partial charge in [0.15, 0.2) is 0 Å². The van der Waals surface area contributed by atoms with Gasteiger partial charge in [0.25, 0.3) is 5.91 Å². The van der Waals surface area contributed by atoms with Crippen molar-refractivity contribution < 1.29 is 9.53 Å². The number of rotatable bonds is 7. The van der Waals surface area contributed by atoms with Crippen molar-refractivity contribution in [3.63, 3.8) is 0 Å². The van der Waals surface area contributed by atoms with E-state index in [0.29, 0.717) is 18.2 Å². The van der Waals surface area contributed by atoms with Crippen molar-refractivity contribution in [2.75, 3.05) is 20.7 Å². The van der Waals surface area contributed by atoms with E-state index in [2.05, 4.69) is 18.8 Å². The third-order valence-corrected chi connectivity index (χ3v) is 4.95.